The number of ether oxygens (including phenoxy) is 2. The van der Waals surface area contributed by atoms with E-state index in [1.54, 1.807) is 0 Å². The van der Waals surface area contributed by atoms with Gasteiger partial charge >= 0.3 is 0 Å². The van der Waals surface area contributed by atoms with Gasteiger partial charge in [-0.15, -0.1) is 0 Å². The van der Waals surface area contributed by atoms with Crippen LogP contribution in [0.15, 0.2) is 53.7 Å². The number of aromatic amines is 1. The summed E-state index contributed by atoms with van der Waals surface area (Å²) in [5.41, 5.74) is 5.74. The molecule has 7 heteroatoms. The number of hydrogen-bond donors (Lipinski definition) is 3. The normalized spacial score (nSPS) is 13.5. The Labute approximate surface area is 189 Å². The number of fused-ring (bicyclic) bond motifs is 1. The molecule has 3 N–H and O–H groups in total. The fourth-order valence-electron chi connectivity index (χ4n) is 3.58. The Morgan fingerprint density at radius 1 is 1.06 bits per heavy atom. The van der Waals surface area contributed by atoms with E-state index in [9.17, 15) is 0 Å². The summed E-state index contributed by atoms with van der Waals surface area (Å²) >= 11 is 0. The van der Waals surface area contributed by atoms with Crippen LogP contribution in [0.2, 0.25) is 0 Å². The van der Waals surface area contributed by atoms with E-state index in [0.717, 1.165) is 54.6 Å². The molecule has 2 aromatic carbocycles. The third kappa shape index (κ3) is 5.81. The maximum atomic E-state index is 5.83. The summed E-state index contributed by atoms with van der Waals surface area (Å²) in [5.74, 6) is 2.29. The second kappa shape index (κ2) is 10.7. The van der Waals surface area contributed by atoms with Gasteiger partial charge in [0.25, 0.3) is 0 Å². The Morgan fingerprint density at radius 2 is 1.91 bits per heavy atom. The lowest BCUT2D eigenvalue weighted by Gasteiger charge is -2.15. The van der Waals surface area contributed by atoms with Crippen molar-refractivity contribution in [2.45, 2.75) is 39.7 Å². The van der Waals surface area contributed by atoms with Gasteiger partial charge in [0.05, 0.1) is 26.0 Å². The summed E-state index contributed by atoms with van der Waals surface area (Å²) in [6.07, 6.45) is 4.73. The number of anilines is 1. The molecule has 0 bridgehead atoms. The molecule has 0 radical (unpaired) electrons. The van der Waals surface area contributed by atoms with Crippen molar-refractivity contribution in [2.24, 2.45) is 4.99 Å². The molecule has 3 aromatic rings. The number of hydrogen-bond acceptors (Lipinski definition) is 4. The maximum absolute atomic E-state index is 5.83. The summed E-state index contributed by atoms with van der Waals surface area (Å²) in [5, 5.41) is 14.0. The van der Waals surface area contributed by atoms with Crippen molar-refractivity contribution in [3.8, 4) is 11.5 Å². The summed E-state index contributed by atoms with van der Waals surface area (Å²) in [4.78, 5) is 4.84. The van der Waals surface area contributed by atoms with Crippen molar-refractivity contribution in [3.05, 3.63) is 71.0 Å². The molecule has 1 aliphatic rings. The van der Waals surface area contributed by atoms with Crippen LogP contribution in [0.4, 0.5) is 5.69 Å². The van der Waals surface area contributed by atoms with Gasteiger partial charge in [-0.05, 0) is 55.5 Å². The van der Waals surface area contributed by atoms with Crippen molar-refractivity contribution in [1.29, 1.82) is 0 Å². The number of rotatable bonds is 7. The molecule has 1 aromatic heterocycles. The zero-order chi connectivity index (χ0) is 22.2. The van der Waals surface area contributed by atoms with Gasteiger partial charge < -0.3 is 20.1 Å². The van der Waals surface area contributed by atoms with Gasteiger partial charge in [-0.3, -0.25) is 5.10 Å². The molecule has 0 fully saturated rings. The van der Waals surface area contributed by atoms with E-state index in [4.69, 9.17) is 14.5 Å². The topological polar surface area (TPSA) is 83.6 Å². The van der Waals surface area contributed by atoms with Crippen LogP contribution in [0.25, 0.3) is 0 Å². The van der Waals surface area contributed by atoms with Crippen LogP contribution in [0.5, 0.6) is 11.5 Å². The average Bonchev–Trinajstić information content (AvgIpc) is 3.06. The van der Waals surface area contributed by atoms with Crippen molar-refractivity contribution in [2.75, 3.05) is 25.1 Å². The zero-order valence-electron chi connectivity index (χ0n) is 18.8. The Bertz CT molecular complexity index is 1060. The zero-order valence-corrected chi connectivity index (χ0v) is 18.8. The SMILES string of the molecule is Cc1ccccc1CN=C(NCCCc1cn[nH]c1C)Nc1ccc2c(c1)OCCCO2. The van der Waals surface area contributed by atoms with Gasteiger partial charge in [0.15, 0.2) is 17.5 Å². The fourth-order valence-corrected chi connectivity index (χ4v) is 3.58. The summed E-state index contributed by atoms with van der Waals surface area (Å²) in [6.45, 7) is 6.91. The highest BCUT2D eigenvalue weighted by molar-refractivity contribution is 5.94. The third-order valence-electron chi connectivity index (χ3n) is 5.53. The predicted octanol–water partition coefficient (Wildman–Crippen LogP) is 4.38. The van der Waals surface area contributed by atoms with Crippen LogP contribution in [-0.2, 0) is 13.0 Å². The van der Waals surface area contributed by atoms with Crippen molar-refractivity contribution < 1.29 is 9.47 Å². The van der Waals surface area contributed by atoms with E-state index >= 15 is 0 Å². The molecule has 2 heterocycles. The molecule has 0 aliphatic carbocycles. The lowest BCUT2D eigenvalue weighted by Crippen LogP contribution is -2.32. The Kier molecular flexibility index (Phi) is 7.27. The number of benzene rings is 2. The van der Waals surface area contributed by atoms with Crippen molar-refractivity contribution in [1.82, 2.24) is 15.5 Å². The molecule has 4 rings (SSSR count). The van der Waals surface area contributed by atoms with E-state index in [1.807, 2.05) is 24.4 Å². The van der Waals surface area contributed by atoms with Gasteiger partial charge in [0.1, 0.15) is 0 Å². The van der Waals surface area contributed by atoms with Crippen LogP contribution in [0, 0.1) is 13.8 Å². The Hall–Kier alpha value is -3.48. The van der Waals surface area contributed by atoms with Gasteiger partial charge in [-0.25, -0.2) is 4.99 Å². The summed E-state index contributed by atoms with van der Waals surface area (Å²) in [7, 11) is 0. The minimum absolute atomic E-state index is 0.605. The third-order valence-corrected chi connectivity index (χ3v) is 5.53. The highest BCUT2D eigenvalue weighted by atomic mass is 16.5. The molecular weight excluding hydrogens is 402 g/mol. The lowest BCUT2D eigenvalue weighted by molar-refractivity contribution is 0.297. The molecule has 32 heavy (non-hydrogen) atoms. The number of nitrogens with one attached hydrogen (secondary N) is 3. The molecule has 7 nitrogen and oxygen atoms in total. The first-order chi connectivity index (χ1) is 15.7. The van der Waals surface area contributed by atoms with Gasteiger partial charge in [0.2, 0.25) is 0 Å². The number of H-pyrrole nitrogens is 1. The van der Waals surface area contributed by atoms with Crippen LogP contribution in [0.1, 0.15) is 35.2 Å². The summed E-state index contributed by atoms with van der Waals surface area (Å²) < 4.78 is 11.6. The predicted molar refractivity (Wildman–Crippen MR) is 128 cm³/mol. The van der Waals surface area contributed by atoms with E-state index in [1.165, 1.54) is 16.7 Å². The molecule has 0 spiro atoms. The van der Waals surface area contributed by atoms with Crippen LogP contribution in [0.3, 0.4) is 0 Å². The quantitative estimate of drug-likeness (QED) is 0.293. The Balaban J connectivity index is 1.44. The maximum Gasteiger partial charge on any atom is 0.196 e. The molecular formula is C25H31N5O2. The van der Waals surface area contributed by atoms with Crippen LogP contribution >= 0.6 is 0 Å². The van der Waals surface area contributed by atoms with Gasteiger partial charge in [-0.1, -0.05) is 24.3 Å². The largest absolute Gasteiger partial charge is 0.490 e. The van der Waals surface area contributed by atoms with E-state index in [-0.39, 0.29) is 0 Å². The number of guanidine groups is 1. The first-order valence-electron chi connectivity index (χ1n) is 11.2. The molecule has 0 atom stereocenters. The highest BCUT2D eigenvalue weighted by Gasteiger charge is 2.11. The first kappa shape index (κ1) is 21.7. The van der Waals surface area contributed by atoms with Gasteiger partial charge in [-0.2, -0.15) is 5.10 Å². The van der Waals surface area contributed by atoms with E-state index in [0.29, 0.717) is 19.8 Å². The Morgan fingerprint density at radius 3 is 2.72 bits per heavy atom. The van der Waals surface area contributed by atoms with Gasteiger partial charge in [0, 0.05) is 30.4 Å². The van der Waals surface area contributed by atoms with E-state index < -0.39 is 0 Å². The number of aliphatic imine (C=N–C) groups is 1. The number of aryl methyl sites for hydroxylation is 3. The molecule has 168 valence electrons. The number of nitrogens with zero attached hydrogens (tertiary/aromatic N) is 2. The molecule has 0 unspecified atom stereocenters. The fraction of sp³-hybridized carbons (Fsp3) is 0.360. The second-order valence-corrected chi connectivity index (χ2v) is 7.98. The monoisotopic (exact) mass is 433 g/mol. The first-order valence-corrected chi connectivity index (χ1v) is 11.2. The molecule has 0 saturated carbocycles. The minimum Gasteiger partial charge on any atom is -0.490 e. The average molecular weight is 434 g/mol. The minimum atomic E-state index is 0.605. The van der Waals surface area contributed by atoms with Crippen LogP contribution in [-0.4, -0.2) is 35.9 Å². The smallest absolute Gasteiger partial charge is 0.196 e. The van der Waals surface area contributed by atoms with E-state index in [2.05, 4.69) is 58.9 Å². The van der Waals surface area contributed by atoms with Crippen molar-refractivity contribution in [3.63, 3.8) is 0 Å². The molecule has 0 saturated heterocycles. The molecule has 1 aliphatic heterocycles. The highest BCUT2D eigenvalue weighted by Crippen LogP contribution is 2.32. The summed E-state index contributed by atoms with van der Waals surface area (Å²) in [6, 6.07) is 14.2. The second-order valence-electron chi connectivity index (χ2n) is 7.98. The lowest BCUT2D eigenvalue weighted by atomic mass is 10.1. The van der Waals surface area contributed by atoms with Crippen LogP contribution < -0.4 is 20.1 Å². The number of aromatic nitrogens is 2. The molecule has 0 amide bonds. The van der Waals surface area contributed by atoms with Crippen molar-refractivity contribution >= 4 is 11.6 Å². The standard InChI is InChI=1S/C25H31N5O2/c1-18-7-3-4-8-20(18)16-27-25(26-12-5-9-21-17-28-30-19(21)2)29-22-10-11-23-24(15-22)32-14-6-13-31-23/h3-4,7-8,10-11,15,17H,5-6,9,12-14,16H2,1-2H3,(H,28,30)(H2,26,27,29).